The zero-order chi connectivity index (χ0) is 22.4. The van der Waals surface area contributed by atoms with Crippen molar-refractivity contribution >= 4 is 14.4 Å². The second-order valence-electron chi connectivity index (χ2n) is 10.2. The quantitative estimate of drug-likeness (QED) is 0.599. The molecule has 0 saturated carbocycles. The number of nitrogens with two attached hydrogens (primary N) is 1. The second-order valence-corrected chi connectivity index (χ2v) is 14.3. The Bertz CT molecular complexity index is 663. The Morgan fingerprint density at radius 1 is 1.30 bits per heavy atom. The van der Waals surface area contributed by atoms with Gasteiger partial charge in [0.1, 0.15) is 6.61 Å². The lowest BCUT2D eigenvalue weighted by molar-refractivity contribution is -0.00861. The van der Waals surface area contributed by atoms with Crippen molar-refractivity contribution in [1.82, 2.24) is 4.90 Å². The summed E-state index contributed by atoms with van der Waals surface area (Å²) in [5.41, 5.74) is 6.82. The number of carbonyl (C=O) groups is 1. The minimum Gasteiger partial charge on any atom is -0.445 e. The van der Waals surface area contributed by atoms with Crippen molar-refractivity contribution in [1.29, 1.82) is 0 Å². The molecule has 0 spiro atoms. The van der Waals surface area contributed by atoms with Crippen LogP contribution in [0.2, 0.25) is 19.1 Å². The van der Waals surface area contributed by atoms with E-state index >= 15 is 0 Å². The number of benzene rings is 1. The fraction of sp³-hybridized carbons (Fsp3) is 0.696. The average molecular weight is 437 g/mol. The van der Waals surface area contributed by atoms with Gasteiger partial charge in [0, 0.05) is 13.1 Å². The first-order chi connectivity index (χ1) is 14.0. The van der Waals surface area contributed by atoms with Crippen LogP contribution in [0.25, 0.3) is 0 Å². The molecule has 1 unspecified atom stereocenters. The van der Waals surface area contributed by atoms with Crippen LogP contribution < -0.4 is 5.73 Å². The second kappa shape index (κ2) is 10.8. The molecule has 1 saturated heterocycles. The first-order valence-electron chi connectivity index (χ1n) is 11.0. The molecule has 1 aromatic carbocycles. The van der Waals surface area contributed by atoms with E-state index in [0.29, 0.717) is 13.0 Å². The van der Waals surface area contributed by atoms with Crippen LogP contribution in [-0.4, -0.2) is 55.8 Å². The fourth-order valence-electron chi connectivity index (χ4n) is 4.57. The predicted molar refractivity (Wildman–Crippen MR) is 123 cm³/mol. The number of carbonyl (C=O) groups excluding carboxylic acids is 1. The Morgan fingerprint density at radius 3 is 2.57 bits per heavy atom. The Balaban J connectivity index is 2.12. The lowest BCUT2D eigenvalue weighted by Gasteiger charge is -2.44. The molecule has 3 N–H and O–H groups in total. The Morgan fingerprint density at radius 2 is 1.97 bits per heavy atom. The topological polar surface area (TPSA) is 85.0 Å². The summed E-state index contributed by atoms with van der Waals surface area (Å²) in [4.78, 5) is 14.7. The van der Waals surface area contributed by atoms with Crippen LogP contribution in [0.1, 0.15) is 45.6 Å². The average Bonchev–Trinajstić information content (AvgIpc) is 2.65. The minimum absolute atomic E-state index is 0.103. The molecule has 1 amide bonds. The summed E-state index contributed by atoms with van der Waals surface area (Å²) in [6.45, 7) is 12.2. The normalized spacial score (nSPS) is 21.4. The van der Waals surface area contributed by atoms with E-state index in [1.165, 1.54) is 0 Å². The minimum atomic E-state index is -1.96. The molecule has 1 heterocycles. The molecule has 1 aliphatic rings. The highest BCUT2D eigenvalue weighted by Crippen LogP contribution is 2.33. The molecule has 3 atom stereocenters. The summed E-state index contributed by atoms with van der Waals surface area (Å²) in [6.07, 6.45) is 1.02. The number of likely N-dealkylation sites (tertiary alicyclic amines) is 1. The van der Waals surface area contributed by atoms with Crippen molar-refractivity contribution in [2.75, 3.05) is 13.1 Å². The predicted octanol–water partition coefficient (Wildman–Crippen LogP) is 4.13. The molecule has 0 radical (unpaired) electrons. The lowest BCUT2D eigenvalue weighted by Crippen LogP contribution is -2.56. The first-order valence-corrected chi connectivity index (χ1v) is 14.2. The van der Waals surface area contributed by atoms with Crippen molar-refractivity contribution in [3.8, 4) is 0 Å². The third kappa shape index (κ3) is 8.02. The van der Waals surface area contributed by atoms with E-state index in [0.717, 1.165) is 24.4 Å². The van der Waals surface area contributed by atoms with Crippen molar-refractivity contribution in [3.63, 3.8) is 0 Å². The maximum Gasteiger partial charge on any atom is 0.410 e. The summed E-state index contributed by atoms with van der Waals surface area (Å²) in [5.74, 6) is 0. The summed E-state index contributed by atoms with van der Waals surface area (Å²) in [7, 11) is -1.96. The number of hydrogen-bond acceptors (Lipinski definition) is 5. The van der Waals surface area contributed by atoms with Crippen LogP contribution in [0.5, 0.6) is 0 Å². The van der Waals surface area contributed by atoms with E-state index in [2.05, 4.69) is 33.9 Å². The maximum atomic E-state index is 12.9. The first kappa shape index (κ1) is 24.9. The van der Waals surface area contributed by atoms with Crippen LogP contribution in [0.4, 0.5) is 4.79 Å². The highest BCUT2D eigenvalue weighted by Gasteiger charge is 2.41. The summed E-state index contributed by atoms with van der Waals surface area (Å²) in [5, 5.41) is 10.3. The van der Waals surface area contributed by atoms with Crippen LogP contribution in [0.15, 0.2) is 30.3 Å². The molecule has 30 heavy (non-hydrogen) atoms. The molecular weight excluding hydrogens is 396 g/mol. The van der Waals surface area contributed by atoms with Crippen LogP contribution in [0.3, 0.4) is 0 Å². The van der Waals surface area contributed by atoms with Gasteiger partial charge in [-0.2, -0.15) is 0 Å². The molecule has 1 aliphatic heterocycles. The van der Waals surface area contributed by atoms with E-state index in [1.54, 1.807) is 4.90 Å². The molecule has 0 aromatic heterocycles. The van der Waals surface area contributed by atoms with Crippen LogP contribution in [0, 0.1) is 5.41 Å². The molecule has 6 nitrogen and oxygen atoms in total. The standard InChI is InChI=1S/C23H40N2O4Si/c1-23(2,3)17-30(4,5)29-21-12-9-13-25(20(21)14-19(26)15-24)22(27)28-16-18-10-7-6-8-11-18/h6-8,10-11,19-21,26H,9,12-17,24H2,1-5H3/t19?,20-,21+/m1/s1. The van der Waals surface area contributed by atoms with Gasteiger partial charge in [0.2, 0.25) is 0 Å². The van der Waals surface area contributed by atoms with Gasteiger partial charge in [-0.05, 0) is 49.4 Å². The Labute approximate surface area is 182 Å². The smallest absolute Gasteiger partial charge is 0.410 e. The molecule has 0 bridgehead atoms. The van der Waals surface area contributed by atoms with Gasteiger partial charge >= 0.3 is 6.09 Å². The molecule has 2 rings (SSSR count). The Kier molecular flexibility index (Phi) is 8.91. The van der Waals surface area contributed by atoms with Gasteiger partial charge in [0.25, 0.3) is 0 Å². The SMILES string of the molecule is CC(C)(C)C[Si](C)(C)O[C@H]1CCCN(C(=O)OCc2ccccc2)[C@@H]1CC(O)CN. The van der Waals surface area contributed by atoms with Crippen molar-refractivity contribution in [3.05, 3.63) is 35.9 Å². The lowest BCUT2D eigenvalue weighted by atomic mass is 9.94. The van der Waals surface area contributed by atoms with E-state index in [1.807, 2.05) is 30.3 Å². The molecule has 1 fully saturated rings. The van der Waals surface area contributed by atoms with Gasteiger partial charge in [0.05, 0.1) is 18.2 Å². The van der Waals surface area contributed by atoms with Gasteiger partial charge in [-0.15, -0.1) is 0 Å². The van der Waals surface area contributed by atoms with Crippen LogP contribution in [-0.2, 0) is 15.8 Å². The third-order valence-electron chi connectivity index (χ3n) is 5.37. The number of nitrogens with zero attached hydrogens (tertiary/aromatic N) is 1. The molecular formula is C23H40N2O4Si. The zero-order valence-electron chi connectivity index (χ0n) is 19.3. The number of aliphatic hydroxyl groups is 1. The van der Waals surface area contributed by atoms with Crippen LogP contribution >= 0.6 is 0 Å². The number of hydrogen-bond donors (Lipinski definition) is 2. The highest BCUT2D eigenvalue weighted by molar-refractivity contribution is 6.71. The van der Waals surface area contributed by atoms with Gasteiger partial charge in [0.15, 0.2) is 8.32 Å². The molecule has 0 aliphatic carbocycles. The molecule has 1 aromatic rings. The number of rotatable bonds is 8. The Hall–Kier alpha value is -1.41. The largest absolute Gasteiger partial charge is 0.445 e. The van der Waals surface area contributed by atoms with Gasteiger partial charge < -0.3 is 24.9 Å². The number of aliphatic hydroxyl groups excluding tert-OH is 1. The monoisotopic (exact) mass is 436 g/mol. The summed E-state index contributed by atoms with van der Waals surface area (Å²) >= 11 is 0. The van der Waals surface area contributed by atoms with E-state index in [-0.39, 0.29) is 36.8 Å². The number of ether oxygens (including phenoxy) is 1. The van der Waals surface area contributed by atoms with E-state index in [4.69, 9.17) is 14.9 Å². The van der Waals surface area contributed by atoms with Crippen molar-refractivity contribution in [2.45, 2.75) is 84.0 Å². The van der Waals surface area contributed by atoms with Crippen molar-refractivity contribution < 1.29 is 19.1 Å². The zero-order valence-corrected chi connectivity index (χ0v) is 20.3. The molecule has 170 valence electrons. The maximum absolute atomic E-state index is 12.9. The summed E-state index contributed by atoms with van der Waals surface area (Å²) in [6, 6.07) is 10.5. The number of amides is 1. The third-order valence-corrected chi connectivity index (χ3v) is 8.22. The van der Waals surface area contributed by atoms with E-state index in [9.17, 15) is 9.90 Å². The molecule has 7 heteroatoms. The van der Waals surface area contributed by atoms with Gasteiger partial charge in [-0.1, -0.05) is 51.1 Å². The van der Waals surface area contributed by atoms with Crippen molar-refractivity contribution in [2.24, 2.45) is 11.1 Å². The number of piperidine rings is 1. The summed E-state index contributed by atoms with van der Waals surface area (Å²) < 4.78 is 12.3. The fourth-order valence-corrected chi connectivity index (χ4v) is 8.30. The van der Waals surface area contributed by atoms with E-state index < -0.39 is 14.4 Å². The highest BCUT2D eigenvalue weighted by atomic mass is 28.4. The van der Waals surface area contributed by atoms with Gasteiger partial charge in [-0.3, -0.25) is 0 Å². The van der Waals surface area contributed by atoms with Gasteiger partial charge in [-0.25, -0.2) is 4.79 Å².